The molecule has 172 valence electrons. The molecule has 0 saturated heterocycles. The van der Waals surface area contributed by atoms with Gasteiger partial charge < -0.3 is 10.1 Å². The second kappa shape index (κ2) is 10.7. The van der Waals surface area contributed by atoms with Crippen LogP contribution in [0.2, 0.25) is 0 Å². The zero-order chi connectivity index (χ0) is 23.8. The van der Waals surface area contributed by atoms with E-state index in [0.717, 1.165) is 0 Å². The van der Waals surface area contributed by atoms with Crippen molar-refractivity contribution in [1.29, 1.82) is 0 Å². The van der Waals surface area contributed by atoms with Crippen molar-refractivity contribution in [3.05, 3.63) is 71.4 Å². The number of anilines is 2. The third kappa shape index (κ3) is 7.14. The Kier molecular flexibility index (Phi) is 7.78. The molecule has 33 heavy (non-hydrogen) atoms. The van der Waals surface area contributed by atoms with E-state index in [0.29, 0.717) is 22.1 Å². The van der Waals surface area contributed by atoms with Gasteiger partial charge in [0.2, 0.25) is 17.7 Å². The van der Waals surface area contributed by atoms with Crippen LogP contribution in [0.1, 0.15) is 18.2 Å². The van der Waals surface area contributed by atoms with Gasteiger partial charge in [0.15, 0.2) is 11.7 Å². The molecule has 0 fully saturated rings. The number of hydrogen-bond donors (Lipinski definition) is 1. The van der Waals surface area contributed by atoms with Crippen molar-refractivity contribution in [3.8, 4) is 5.88 Å². The second-order valence-electron chi connectivity index (χ2n) is 6.67. The van der Waals surface area contributed by atoms with Crippen molar-refractivity contribution in [1.82, 2.24) is 15.3 Å². The SMILES string of the molecule is CC(=O)N(c1ccccc1)c1nc(/C=C/C(=O)NCc2cccnc2OCC(F)(F)F)cs1. The summed E-state index contributed by atoms with van der Waals surface area (Å²) in [5, 5.41) is 4.72. The number of pyridine rings is 1. The van der Waals surface area contributed by atoms with Crippen LogP contribution in [0.3, 0.4) is 0 Å². The predicted molar refractivity (Wildman–Crippen MR) is 118 cm³/mol. The molecule has 1 aromatic carbocycles. The number of ether oxygens (including phenoxy) is 1. The molecule has 7 nitrogen and oxygen atoms in total. The van der Waals surface area contributed by atoms with Gasteiger partial charge >= 0.3 is 6.18 Å². The lowest BCUT2D eigenvalue weighted by atomic mass is 10.2. The highest BCUT2D eigenvalue weighted by atomic mass is 32.1. The van der Waals surface area contributed by atoms with E-state index in [-0.39, 0.29) is 18.3 Å². The molecule has 0 atom stereocenters. The van der Waals surface area contributed by atoms with E-state index in [1.807, 2.05) is 18.2 Å². The first-order chi connectivity index (χ1) is 15.7. The molecule has 3 rings (SSSR count). The summed E-state index contributed by atoms with van der Waals surface area (Å²) in [7, 11) is 0. The Morgan fingerprint density at radius 2 is 1.94 bits per heavy atom. The molecule has 0 aliphatic rings. The van der Waals surface area contributed by atoms with Crippen molar-refractivity contribution in [2.45, 2.75) is 19.6 Å². The molecule has 0 spiro atoms. The molecule has 11 heteroatoms. The van der Waals surface area contributed by atoms with E-state index < -0.39 is 18.7 Å². The number of halogens is 3. The smallest absolute Gasteiger partial charge is 0.422 e. The minimum Gasteiger partial charge on any atom is -0.468 e. The fourth-order valence-electron chi connectivity index (χ4n) is 2.70. The zero-order valence-corrected chi connectivity index (χ0v) is 18.2. The Labute approximate surface area is 191 Å². The molecule has 1 N–H and O–H groups in total. The molecule has 2 aromatic heterocycles. The molecule has 0 saturated carbocycles. The van der Waals surface area contributed by atoms with Gasteiger partial charge in [-0.2, -0.15) is 13.2 Å². The van der Waals surface area contributed by atoms with Crippen LogP contribution in [-0.2, 0) is 16.1 Å². The summed E-state index contributed by atoms with van der Waals surface area (Å²) in [5.41, 5.74) is 1.45. The Morgan fingerprint density at radius 3 is 2.64 bits per heavy atom. The number of benzene rings is 1. The first kappa shape index (κ1) is 23.9. The fraction of sp³-hybridized carbons (Fsp3) is 0.182. The number of amides is 2. The third-order valence-electron chi connectivity index (χ3n) is 4.11. The summed E-state index contributed by atoms with van der Waals surface area (Å²) in [4.78, 5) is 33.9. The minimum atomic E-state index is -4.49. The number of aromatic nitrogens is 2. The van der Waals surface area contributed by atoms with Crippen LogP contribution >= 0.6 is 11.3 Å². The summed E-state index contributed by atoms with van der Waals surface area (Å²) in [6.45, 7) is -0.113. The van der Waals surface area contributed by atoms with Crippen molar-refractivity contribution >= 4 is 40.0 Å². The molecule has 2 heterocycles. The van der Waals surface area contributed by atoms with Gasteiger partial charge in [-0.3, -0.25) is 14.5 Å². The normalized spacial score (nSPS) is 11.4. The standard InChI is InChI=1S/C22H19F3N4O3S/c1-15(30)29(18-7-3-2-4-8-18)21-28-17(13-33-21)9-10-19(31)27-12-16-6-5-11-26-20(16)32-14-22(23,24)25/h2-11,13H,12,14H2,1H3,(H,27,31)/b10-9+. The Hall–Kier alpha value is -3.73. The van der Waals surface area contributed by atoms with Crippen molar-refractivity contribution in [2.75, 3.05) is 11.5 Å². The number of para-hydroxylation sites is 1. The van der Waals surface area contributed by atoms with Gasteiger partial charge in [0, 0.05) is 36.7 Å². The Balaban J connectivity index is 1.61. The van der Waals surface area contributed by atoms with E-state index in [1.165, 1.54) is 53.6 Å². The van der Waals surface area contributed by atoms with Gasteiger partial charge in [-0.1, -0.05) is 24.3 Å². The monoisotopic (exact) mass is 476 g/mol. The van der Waals surface area contributed by atoms with Gasteiger partial charge in [-0.25, -0.2) is 9.97 Å². The van der Waals surface area contributed by atoms with Crippen molar-refractivity contribution in [3.63, 3.8) is 0 Å². The van der Waals surface area contributed by atoms with E-state index >= 15 is 0 Å². The van der Waals surface area contributed by atoms with Crippen LogP contribution in [0.15, 0.2) is 60.1 Å². The Bertz CT molecular complexity index is 1130. The van der Waals surface area contributed by atoms with Gasteiger partial charge in [-0.05, 0) is 24.3 Å². The molecule has 0 unspecified atom stereocenters. The molecule has 0 radical (unpaired) electrons. The van der Waals surface area contributed by atoms with Gasteiger partial charge in [0.25, 0.3) is 0 Å². The van der Waals surface area contributed by atoms with Crippen LogP contribution in [0.5, 0.6) is 5.88 Å². The average Bonchev–Trinajstić information content (AvgIpc) is 3.24. The number of carbonyl (C=O) groups excluding carboxylic acids is 2. The molecular formula is C22H19F3N4O3S. The summed E-state index contributed by atoms with van der Waals surface area (Å²) >= 11 is 1.25. The fourth-order valence-corrected chi connectivity index (χ4v) is 3.56. The highest BCUT2D eigenvalue weighted by molar-refractivity contribution is 7.14. The van der Waals surface area contributed by atoms with E-state index in [9.17, 15) is 22.8 Å². The summed E-state index contributed by atoms with van der Waals surface area (Å²) in [6.07, 6.45) is -0.475. The first-order valence-electron chi connectivity index (χ1n) is 9.63. The van der Waals surface area contributed by atoms with Crippen LogP contribution in [0, 0.1) is 0 Å². The molecular weight excluding hydrogens is 457 g/mol. The van der Waals surface area contributed by atoms with Gasteiger partial charge in [-0.15, -0.1) is 11.3 Å². The maximum Gasteiger partial charge on any atom is 0.422 e. The lowest BCUT2D eigenvalue weighted by Gasteiger charge is -2.17. The molecule has 0 aliphatic carbocycles. The summed E-state index contributed by atoms with van der Waals surface area (Å²) < 4.78 is 41.8. The van der Waals surface area contributed by atoms with E-state index in [4.69, 9.17) is 4.74 Å². The van der Waals surface area contributed by atoms with Crippen molar-refractivity contribution in [2.24, 2.45) is 0 Å². The minimum absolute atomic E-state index is 0.0708. The molecule has 3 aromatic rings. The maximum absolute atomic E-state index is 12.4. The molecule has 0 aliphatic heterocycles. The number of alkyl halides is 3. The summed E-state index contributed by atoms with van der Waals surface area (Å²) in [5.74, 6) is -0.890. The van der Waals surface area contributed by atoms with Crippen molar-refractivity contribution < 1.29 is 27.5 Å². The summed E-state index contributed by atoms with van der Waals surface area (Å²) in [6, 6.07) is 12.1. The predicted octanol–water partition coefficient (Wildman–Crippen LogP) is 4.49. The van der Waals surface area contributed by atoms with Gasteiger partial charge in [0.05, 0.1) is 11.4 Å². The average molecular weight is 476 g/mol. The number of nitrogens with zero attached hydrogens (tertiary/aromatic N) is 3. The highest BCUT2D eigenvalue weighted by Crippen LogP contribution is 2.29. The lowest BCUT2D eigenvalue weighted by molar-refractivity contribution is -0.154. The maximum atomic E-state index is 12.4. The van der Waals surface area contributed by atoms with Crippen LogP contribution in [0.4, 0.5) is 24.0 Å². The first-order valence-corrected chi connectivity index (χ1v) is 10.5. The number of nitrogens with one attached hydrogen (secondary N) is 1. The van der Waals surface area contributed by atoms with Crippen LogP contribution in [-0.4, -0.2) is 34.6 Å². The number of rotatable bonds is 8. The van der Waals surface area contributed by atoms with Crippen LogP contribution < -0.4 is 15.0 Å². The Morgan fingerprint density at radius 1 is 1.18 bits per heavy atom. The number of carbonyl (C=O) groups is 2. The quantitative estimate of drug-likeness (QED) is 0.484. The second-order valence-corrected chi connectivity index (χ2v) is 7.50. The molecule has 2 amide bonds. The largest absolute Gasteiger partial charge is 0.468 e. The van der Waals surface area contributed by atoms with Gasteiger partial charge in [0.1, 0.15) is 0 Å². The van der Waals surface area contributed by atoms with Crippen LogP contribution in [0.25, 0.3) is 6.08 Å². The third-order valence-corrected chi connectivity index (χ3v) is 4.96. The lowest BCUT2D eigenvalue weighted by Crippen LogP contribution is -2.23. The topological polar surface area (TPSA) is 84.4 Å². The zero-order valence-electron chi connectivity index (χ0n) is 17.4. The van der Waals surface area contributed by atoms with E-state index in [2.05, 4.69) is 15.3 Å². The molecule has 0 bridgehead atoms. The number of hydrogen-bond acceptors (Lipinski definition) is 6. The number of thiazole rings is 1. The van der Waals surface area contributed by atoms with E-state index in [1.54, 1.807) is 17.5 Å². The highest BCUT2D eigenvalue weighted by Gasteiger charge is 2.29.